The molecule has 4 rings (SSSR count). The highest BCUT2D eigenvalue weighted by molar-refractivity contribution is 6.04. The fraction of sp³-hybridized carbons (Fsp3) is 0.273. The Labute approximate surface area is 190 Å². The molecular formula is C22H19F4N5O3. The number of aliphatic hydroxyl groups is 1. The monoisotopic (exact) mass is 477 g/mol. The van der Waals surface area contributed by atoms with Crippen LogP contribution < -0.4 is 5.32 Å². The summed E-state index contributed by atoms with van der Waals surface area (Å²) < 4.78 is 58.3. The predicted octanol–water partition coefficient (Wildman–Crippen LogP) is 4.33. The standard InChI is InChI=1S/C22H19F4N5O3/c1-12-3-4-13(19-29-18(34-30-19)5-7-21(2,33)22(24,25)26)9-15(12)28-20(32)16-11-27-17-10-14(23)6-8-31(16)17/h3-4,6,8-11,33H,5,7H2,1-2H3,(H,28,32)/t21-/m1/s1. The van der Waals surface area contributed by atoms with Crippen molar-refractivity contribution in [3.8, 4) is 11.4 Å². The molecule has 0 aliphatic rings. The summed E-state index contributed by atoms with van der Waals surface area (Å²) in [5, 5.41) is 16.1. The van der Waals surface area contributed by atoms with Crippen LogP contribution in [0.5, 0.6) is 0 Å². The molecule has 2 N–H and O–H groups in total. The first-order chi connectivity index (χ1) is 15.9. The molecule has 12 heteroatoms. The van der Waals surface area contributed by atoms with Gasteiger partial charge < -0.3 is 14.9 Å². The number of hydrogen-bond donors (Lipinski definition) is 2. The number of imidazole rings is 1. The van der Waals surface area contributed by atoms with E-state index >= 15 is 0 Å². The molecule has 3 aromatic heterocycles. The van der Waals surface area contributed by atoms with Gasteiger partial charge in [0.25, 0.3) is 5.91 Å². The number of benzene rings is 1. The van der Waals surface area contributed by atoms with E-state index in [0.717, 1.165) is 5.56 Å². The van der Waals surface area contributed by atoms with Gasteiger partial charge in [-0.3, -0.25) is 9.20 Å². The Morgan fingerprint density at radius 1 is 1.24 bits per heavy atom. The van der Waals surface area contributed by atoms with Crippen molar-refractivity contribution in [2.24, 2.45) is 0 Å². The van der Waals surface area contributed by atoms with Crippen molar-refractivity contribution in [2.75, 3.05) is 5.32 Å². The van der Waals surface area contributed by atoms with Crippen LogP contribution in [-0.4, -0.2) is 42.3 Å². The summed E-state index contributed by atoms with van der Waals surface area (Å²) >= 11 is 0. The second-order valence-corrected chi connectivity index (χ2v) is 7.98. The average molecular weight is 477 g/mol. The molecule has 4 aromatic rings. The van der Waals surface area contributed by atoms with Gasteiger partial charge in [-0.2, -0.15) is 18.2 Å². The lowest BCUT2D eigenvalue weighted by molar-refractivity contribution is -0.255. The third-order valence-corrected chi connectivity index (χ3v) is 5.36. The summed E-state index contributed by atoms with van der Waals surface area (Å²) in [5.74, 6) is -0.913. The van der Waals surface area contributed by atoms with E-state index in [4.69, 9.17) is 4.52 Å². The van der Waals surface area contributed by atoms with E-state index in [1.54, 1.807) is 25.1 Å². The third kappa shape index (κ3) is 4.62. The summed E-state index contributed by atoms with van der Waals surface area (Å²) in [6.07, 6.45) is -2.98. The van der Waals surface area contributed by atoms with Crippen molar-refractivity contribution in [1.82, 2.24) is 19.5 Å². The number of nitrogens with zero attached hydrogens (tertiary/aromatic N) is 4. The van der Waals surface area contributed by atoms with Crippen molar-refractivity contribution in [3.63, 3.8) is 0 Å². The SMILES string of the molecule is Cc1ccc(-c2noc(CC[C@@](C)(O)C(F)(F)F)n2)cc1NC(=O)c1cnc2cc(F)ccn12. The van der Waals surface area contributed by atoms with Gasteiger partial charge in [-0.15, -0.1) is 0 Å². The number of hydrogen-bond acceptors (Lipinski definition) is 6. The van der Waals surface area contributed by atoms with Gasteiger partial charge in [0, 0.05) is 29.9 Å². The molecule has 34 heavy (non-hydrogen) atoms. The summed E-state index contributed by atoms with van der Waals surface area (Å²) in [6, 6.07) is 7.38. The zero-order valence-electron chi connectivity index (χ0n) is 18.0. The second kappa shape index (κ2) is 8.52. The van der Waals surface area contributed by atoms with Crippen molar-refractivity contribution in [3.05, 3.63) is 65.7 Å². The van der Waals surface area contributed by atoms with Gasteiger partial charge in [-0.25, -0.2) is 9.37 Å². The van der Waals surface area contributed by atoms with Crippen LogP contribution in [0.4, 0.5) is 23.2 Å². The first-order valence-corrected chi connectivity index (χ1v) is 10.1. The number of fused-ring (bicyclic) bond motifs is 1. The lowest BCUT2D eigenvalue weighted by Crippen LogP contribution is -2.42. The van der Waals surface area contributed by atoms with E-state index in [0.29, 0.717) is 18.2 Å². The molecule has 0 aliphatic heterocycles. The smallest absolute Gasteiger partial charge is 0.381 e. The predicted molar refractivity (Wildman–Crippen MR) is 113 cm³/mol. The second-order valence-electron chi connectivity index (χ2n) is 7.98. The van der Waals surface area contributed by atoms with Crippen molar-refractivity contribution in [1.29, 1.82) is 0 Å². The Bertz CT molecular complexity index is 1360. The summed E-state index contributed by atoms with van der Waals surface area (Å²) in [7, 11) is 0. The van der Waals surface area contributed by atoms with Gasteiger partial charge in [0.05, 0.1) is 6.20 Å². The number of nitrogens with one attached hydrogen (secondary N) is 1. The quantitative estimate of drug-likeness (QED) is 0.401. The Morgan fingerprint density at radius 2 is 2.00 bits per heavy atom. The van der Waals surface area contributed by atoms with Crippen LogP contribution in [-0.2, 0) is 6.42 Å². The lowest BCUT2D eigenvalue weighted by Gasteiger charge is -2.25. The zero-order chi connectivity index (χ0) is 24.7. The number of carbonyl (C=O) groups excluding carboxylic acids is 1. The van der Waals surface area contributed by atoms with E-state index in [9.17, 15) is 27.5 Å². The largest absolute Gasteiger partial charge is 0.416 e. The molecule has 0 unspecified atom stereocenters. The number of amides is 1. The Hall–Kier alpha value is -3.80. The Balaban J connectivity index is 1.52. The highest BCUT2D eigenvalue weighted by Crippen LogP contribution is 2.33. The van der Waals surface area contributed by atoms with Crippen molar-refractivity contribution >= 4 is 17.2 Å². The van der Waals surface area contributed by atoms with E-state index in [1.807, 2.05) is 0 Å². The van der Waals surface area contributed by atoms with Crippen LogP contribution in [0.3, 0.4) is 0 Å². The molecule has 1 amide bonds. The van der Waals surface area contributed by atoms with Gasteiger partial charge in [0.2, 0.25) is 11.7 Å². The highest BCUT2D eigenvalue weighted by Gasteiger charge is 2.49. The number of aromatic nitrogens is 4. The number of alkyl halides is 3. The molecule has 1 atom stereocenters. The first kappa shape index (κ1) is 23.4. The molecule has 0 saturated carbocycles. The van der Waals surface area contributed by atoms with Gasteiger partial charge in [-0.05, 0) is 38.0 Å². The maximum Gasteiger partial charge on any atom is 0.416 e. The number of aryl methyl sites for hydroxylation is 2. The maximum atomic E-state index is 13.4. The highest BCUT2D eigenvalue weighted by atomic mass is 19.4. The number of anilines is 1. The number of halogens is 4. The van der Waals surface area contributed by atoms with Gasteiger partial charge in [0.15, 0.2) is 5.60 Å². The fourth-order valence-electron chi connectivity index (χ4n) is 3.17. The number of pyridine rings is 1. The molecule has 1 aromatic carbocycles. The normalized spacial score (nSPS) is 13.7. The van der Waals surface area contributed by atoms with Crippen LogP contribution >= 0.6 is 0 Å². The Morgan fingerprint density at radius 3 is 2.74 bits per heavy atom. The van der Waals surface area contributed by atoms with Gasteiger partial charge in [-0.1, -0.05) is 17.3 Å². The fourth-order valence-corrected chi connectivity index (χ4v) is 3.17. The van der Waals surface area contributed by atoms with Crippen LogP contribution in [0.2, 0.25) is 0 Å². The van der Waals surface area contributed by atoms with Crippen LogP contribution in [0, 0.1) is 12.7 Å². The average Bonchev–Trinajstić information content (AvgIpc) is 3.40. The van der Waals surface area contributed by atoms with E-state index in [1.165, 1.54) is 28.9 Å². The molecule has 3 heterocycles. The topological polar surface area (TPSA) is 106 Å². The van der Waals surface area contributed by atoms with Crippen LogP contribution in [0.1, 0.15) is 35.3 Å². The first-order valence-electron chi connectivity index (χ1n) is 10.1. The minimum atomic E-state index is -4.78. The third-order valence-electron chi connectivity index (χ3n) is 5.36. The summed E-state index contributed by atoms with van der Waals surface area (Å²) in [4.78, 5) is 20.9. The molecule has 178 valence electrons. The summed E-state index contributed by atoms with van der Waals surface area (Å²) in [6.45, 7) is 2.45. The van der Waals surface area contributed by atoms with Gasteiger partial charge in [0.1, 0.15) is 17.2 Å². The number of carbonyl (C=O) groups is 1. The molecule has 0 aliphatic carbocycles. The van der Waals surface area contributed by atoms with E-state index in [-0.39, 0.29) is 29.5 Å². The minimum Gasteiger partial charge on any atom is -0.381 e. The maximum absolute atomic E-state index is 13.4. The molecular weight excluding hydrogens is 458 g/mol. The van der Waals surface area contributed by atoms with E-state index < -0.39 is 29.9 Å². The van der Waals surface area contributed by atoms with Gasteiger partial charge >= 0.3 is 6.18 Å². The molecule has 0 fully saturated rings. The number of rotatable bonds is 6. The zero-order valence-corrected chi connectivity index (χ0v) is 18.0. The van der Waals surface area contributed by atoms with Crippen LogP contribution in [0.15, 0.2) is 47.2 Å². The molecule has 0 bridgehead atoms. The van der Waals surface area contributed by atoms with Crippen LogP contribution in [0.25, 0.3) is 17.0 Å². The molecule has 0 spiro atoms. The molecule has 8 nitrogen and oxygen atoms in total. The van der Waals surface area contributed by atoms with E-state index in [2.05, 4.69) is 20.4 Å². The van der Waals surface area contributed by atoms with Crippen molar-refractivity contribution < 1.29 is 32.0 Å². The minimum absolute atomic E-state index is 0.0661. The lowest BCUT2D eigenvalue weighted by atomic mass is 10.00. The Kier molecular flexibility index (Phi) is 5.86. The summed E-state index contributed by atoms with van der Waals surface area (Å²) in [5.41, 5.74) is -0.795. The molecule has 0 saturated heterocycles. The van der Waals surface area contributed by atoms with Crippen molar-refractivity contribution in [2.45, 2.75) is 38.5 Å². The molecule has 0 radical (unpaired) electrons.